The molecule has 0 N–H and O–H groups in total. The minimum absolute atomic E-state index is 0.345. The summed E-state index contributed by atoms with van der Waals surface area (Å²) < 4.78 is 5.67. The van der Waals surface area contributed by atoms with Crippen LogP contribution in [0.15, 0.2) is 30.6 Å². The average Bonchev–Trinajstić information content (AvgIpc) is 2.33. The fourth-order valence-electron chi connectivity index (χ4n) is 1.66. The molecule has 0 saturated heterocycles. The standard InChI is InChI=1S/C14H15ClN2O/c1-9(2)11-8-13(10(3)7-12(11)15)18-14-16-5-4-6-17-14/h4-9H,1-3H3. The quantitative estimate of drug-likeness (QED) is 0.825. The normalized spacial score (nSPS) is 10.7. The topological polar surface area (TPSA) is 35.0 Å². The van der Waals surface area contributed by atoms with Crippen LogP contribution in [0.2, 0.25) is 5.02 Å². The molecule has 3 nitrogen and oxygen atoms in total. The van der Waals surface area contributed by atoms with Crippen LogP contribution in [0, 0.1) is 6.92 Å². The van der Waals surface area contributed by atoms with Crippen LogP contribution in [0.25, 0.3) is 0 Å². The molecule has 0 bridgehead atoms. The number of aromatic nitrogens is 2. The maximum atomic E-state index is 6.21. The molecule has 0 radical (unpaired) electrons. The lowest BCUT2D eigenvalue weighted by molar-refractivity contribution is 0.438. The second kappa shape index (κ2) is 5.36. The summed E-state index contributed by atoms with van der Waals surface area (Å²) >= 11 is 6.21. The molecular formula is C14H15ClN2O. The molecule has 0 atom stereocenters. The van der Waals surface area contributed by atoms with Gasteiger partial charge in [0, 0.05) is 17.4 Å². The van der Waals surface area contributed by atoms with Gasteiger partial charge < -0.3 is 4.74 Å². The van der Waals surface area contributed by atoms with Crippen molar-refractivity contribution in [2.45, 2.75) is 26.7 Å². The molecule has 4 heteroatoms. The summed E-state index contributed by atoms with van der Waals surface area (Å²) in [7, 11) is 0. The zero-order valence-electron chi connectivity index (χ0n) is 10.6. The highest BCUT2D eigenvalue weighted by Gasteiger charge is 2.11. The first-order valence-corrected chi connectivity index (χ1v) is 6.20. The maximum Gasteiger partial charge on any atom is 0.321 e. The number of hydrogen-bond acceptors (Lipinski definition) is 3. The van der Waals surface area contributed by atoms with Crippen LogP contribution in [0.4, 0.5) is 0 Å². The van der Waals surface area contributed by atoms with Gasteiger partial charge in [0.15, 0.2) is 0 Å². The van der Waals surface area contributed by atoms with E-state index in [9.17, 15) is 0 Å². The number of nitrogens with zero attached hydrogens (tertiary/aromatic N) is 2. The van der Waals surface area contributed by atoms with Crippen LogP contribution in [0.5, 0.6) is 11.8 Å². The molecule has 1 aromatic heterocycles. The van der Waals surface area contributed by atoms with Crippen molar-refractivity contribution in [1.29, 1.82) is 0 Å². The molecule has 0 aliphatic rings. The van der Waals surface area contributed by atoms with Crippen molar-refractivity contribution >= 4 is 11.6 Å². The Morgan fingerprint density at radius 3 is 2.44 bits per heavy atom. The molecule has 2 rings (SSSR count). The van der Waals surface area contributed by atoms with Gasteiger partial charge in [0.05, 0.1) is 0 Å². The fraction of sp³-hybridized carbons (Fsp3) is 0.286. The van der Waals surface area contributed by atoms with E-state index in [0.717, 1.165) is 21.9 Å². The van der Waals surface area contributed by atoms with E-state index in [4.69, 9.17) is 16.3 Å². The predicted molar refractivity (Wildman–Crippen MR) is 72.4 cm³/mol. The SMILES string of the molecule is Cc1cc(Cl)c(C(C)C)cc1Oc1ncccn1. The van der Waals surface area contributed by atoms with Crippen LogP contribution in [-0.4, -0.2) is 9.97 Å². The van der Waals surface area contributed by atoms with E-state index < -0.39 is 0 Å². The Labute approximate surface area is 112 Å². The molecule has 0 fully saturated rings. The van der Waals surface area contributed by atoms with Crippen molar-refractivity contribution in [2.75, 3.05) is 0 Å². The molecule has 0 amide bonds. The summed E-state index contributed by atoms with van der Waals surface area (Å²) in [5.74, 6) is 1.09. The van der Waals surface area contributed by atoms with Crippen LogP contribution in [0.1, 0.15) is 30.9 Å². The number of aryl methyl sites for hydroxylation is 1. The smallest absolute Gasteiger partial charge is 0.321 e. The third-order valence-corrected chi connectivity index (χ3v) is 2.99. The molecule has 1 heterocycles. The van der Waals surface area contributed by atoms with Crippen LogP contribution >= 0.6 is 11.6 Å². The first kappa shape index (κ1) is 12.8. The highest BCUT2D eigenvalue weighted by Crippen LogP contribution is 2.32. The van der Waals surface area contributed by atoms with Crippen LogP contribution in [0.3, 0.4) is 0 Å². The van der Waals surface area contributed by atoms with E-state index in [1.807, 2.05) is 19.1 Å². The van der Waals surface area contributed by atoms with Gasteiger partial charge in [-0.15, -0.1) is 0 Å². The van der Waals surface area contributed by atoms with Crippen molar-refractivity contribution < 1.29 is 4.74 Å². The Morgan fingerprint density at radius 2 is 1.83 bits per heavy atom. The number of benzene rings is 1. The third kappa shape index (κ3) is 2.79. The summed E-state index contributed by atoms with van der Waals surface area (Å²) in [5.41, 5.74) is 2.03. The largest absolute Gasteiger partial charge is 0.424 e. The first-order valence-electron chi connectivity index (χ1n) is 5.83. The summed E-state index contributed by atoms with van der Waals surface area (Å²) in [6.07, 6.45) is 3.30. The molecule has 1 aromatic carbocycles. The lowest BCUT2D eigenvalue weighted by atomic mass is 10.0. The zero-order chi connectivity index (χ0) is 13.1. The minimum atomic E-state index is 0.345. The highest BCUT2D eigenvalue weighted by atomic mass is 35.5. The molecule has 2 aromatic rings. The van der Waals surface area contributed by atoms with Gasteiger partial charge in [-0.25, -0.2) is 9.97 Å². The number of rotatable bonds is 3. The third-order valence-electron chi connectivity index (χ3n) is 2.66. The van der Waals surface area contributed by atoms with E-state index >= 15 is 0 Å². The van der Waals surface area contributed by atoms with Gasteiger partial charge in [0.25, 0.3) is 0 Å². The molecule has 94 valence electrons. The van der Waals surface area contributed by atoms with Gasteiger partial charge in [0.1, 0.15) is 5.75 Å². The monoisotopic (exact) mass is 262 g/mol. The first-order chi connectivity index (χ1) is 8.58. The van der Waals surface area contributed by atoms with Gasteiger partial charge in [-0.1, -0.05) is 25.4 Å². The van der Waals surface area contributed by atoms with Crippen molar-refractivity contribution in [2.24, 2.45) is 0 Å². The van der Waals surface area contributed by atoms with E-state index in [0.29, 0.717) is 11.9 Å². The van der Waals surface area contributed by atoms with Crippen molar-refractivity contribution in [1.82, 2.24) is 9.97 Å². The summed E-state index contributed by atoms with van der Waals surface area (Å²) in [5, 5.41) is 0.767. The number of halogens is 1. The maximum absolute atomic E-state index is 6.21. The van der Waals surface area contributed by atoms with Gasteiger partial charge >= 0.3 is 6.01 Å². The van der Waals surface area contributed by atoms with E-state index in [-0.39, 0.29) is 0 Å². The second-order valence-electron chi connectivity index (χ2n) is 4.43. The molecule has 0 aliphatic heterocycles. The van der Waals surface area contributed by atoms with Crippen molar-refractivity contribution in [3.05, 3.63) is 46.7 Å². The summed E-state index contributed by atoms with van der Waals surface area (Å²) in [6.45, 7) is 6.15. The Hall–Kier alpha value is -1.61. The van der Waals surface area contributed by atoms with Gasteiger partial charge in [-0.2, -0.15) is 0 Å². The van der Waals surface area contributed by atoms with Gasteiger partial charge in [-0.3, -0.25) is 0 Å². The summed E-state index contributed by atoms with van der Waals surface area (Å²) in [6, 6.07) is 5.97. The molecule has 0 aliphatic carbocycles. The van der Waals surface area contributed by atoms with Crippen molar-refractivity contribution in [3.8, 4) is 11.8 Å². The van der Waals surface area contributed by atoms with Gasteiger partial charge in [-0.05, 0) is 42.2 Å². The van der Waals surface area contributed by atoms with Crippen LogP contribution in [-0.2, 0) is 0 Å². The van der Waals surface area contributed by atoms with Crippen LogP contribution < -0.4 is 4.74 Å². The molecule has 0 unspecified atom stereocenters. The lowest BCUT2D eigenvalue weighted by Crippen LogP contribution is -1.96. The lowest BCUT2D eigenvalue weighted by Gasteiger charge is -2.13. The molecular weight excluding hydrogens is 248 g/mol. The van der Waals surface area contributed by atoms with E-state index in [1.54, 1.807) is 18.5 Å². The second-order valence-corrected chi connectivity index (χ2v) is 4.83. The zero-order valence-corrected chi connectivity index (χ0v) is 11.4. The number of hydrogen-bond donors (Lipinski definition) is 0. The van der Waals surface area contributed by atoms with Gasteiger partial charge in [0.2, 0.25) is 0 Å². The Kier molecular flexibility index (Phi) is 3.82. The van der Waals surface area contributed by atoms with Crippen molar-refractivity contribution in [3.63, 3.8) is 0 Å². The Bertz CT molecular complexity index is 541. The average molecular weight is 263 g/mol. The Morgan fingerprint density at radius 1 is 1.17 bits per heavy atom. The van der Waals surface area contributed by atoms with E-state index in [2.05, 4.69) is 23.8 Å². The summed E-state index contributed by atoms with van der Waals surface area (Å²) in [4.78, 5) is 8.09. The molecule has 0 saturated carbocycles. The highest BCUT2D eigenvalue weighted by molar-refractivity contribution is 6.31. The molecule has 0 spiro atoms. The predicted octanol–water partition coefficient (Wildman–Crippen LogP) is 4.35. The minimum Gasteiger partial charge on any atom is -0.424 e. The van der Waals surface area contributed by atoms with E-state index in [1.165, 1.54) is 0 Å². The Balaban J connectivity index is 2.36. The molecule has 18 heavy (non-hydrogen) atoms. The fourth-order valence-corrected chi connectivity index (χ4v) is 2.09. The number of ether oxygens (including phenoxy) is 1.